The zero-order valence-electron chi connectivity index (χ0n) is 14.0. The lowest BCUT2D eigenvalue weighted by atomic mass is 10.3. The highest BCUT2D eigenvalue weighted by Gasteiger charge is 2.14. The number of anilines is 1. The summed E-state index contributed by atoms with van der Waals surface area (Å²) >= 11 is 5.73. The Morgan fingerprint density at radius 3 is 2.93 bits per heavy atom. The second kappa shape index (κ2) is 7.54. The van der Waals surface area contributed by atoms with E-state index in [1.54, 1.807) is 7.05 Å². The van der Waals surface area contributed by atoms with Crippen LogP contribution in [0.25, 0.3) is 11.0 Å². The van der Waals surface area contributed by atoms with Crippen molar-refractivity contribution in [1.82, 2.24) is 19.3 Å². The number of benzene rings is 1. The van der Waals surface area contributed by atoms with Gasteiger partial charge in [0.15, 0.2) is 12.3 Å². The van der Waals surface area contributed by atoms with E-state index in [0.717, 1.165) is 10.6 Å². The van der Waals surface area contributed by atoms with Gasteiger partial charge in [-0.1, -0.05) is 11.6 Å². The molecule has 0 bridgehead atoms. The Kier molecular flexibility index (Phi) is 5.17. The number of amides is 1. The summed E-state index contributed by atoms with van der Waals surface area (Å²) in [5, 5.41) is 6.65. The van der Waals surface area contributed by atoms with Crippen LogP contribution in [0.5, 0.6) is 0 Å². The number of esters is 1. The second-order valence-electron chi connectivity index (χ2n) is 5.52. The highest BCUT2D eigenvalue weighted by molar-refractivity contribution is 6.30. The molecule has 3 rings (SSSR count). The highest BCUT2D eigenvalue weighted by atomic mass is 35.5. The fourth-order valence-corrected chi connectivity index (χ4v) is 2.46. The van der Waals surface area contributed by atoms with Crippen LogP contribution in [0.4, 0.5) is 10.1 Å². The van der Waals surface area contributed by atoms with Gasteiger partial charge in [0.25, 0.3) is 11.5 Å². The van der Waals surface area contributed by atoms with Crippen molar-refractivity contribution in [1.29, 1.82) is 0 Å². The Morgan fingerprint density at radius 2 is 2.15 bits per heavy atom. The van der Waals surface area contributed by atoms with Crippen LogP contribution in [-0.2, 0) is 27.9 Å². The van der Waals surface area contributed by atoms with Gasteiger partial charge < -0.3 is 10.1 Å². The van der Waals surface area contributed by atoms with Crippen molar-refractivity contribution < 1.29 is 18.7 Å². The Labute approximate surface area is 156 Å². The summed E-state index contributed by atoms with van der Waals surface area (Å²) in [7, 11) is 1.63. The summed E-state index contributed by atoms with van der Waals surface area (Å²) in [6, 6.07) is 3.65. The first-order valence-electron chi connectivity index (χ1n) is 7.63. The molecule has 11 heteroatoms. The highest BCUT2D eigenvalue weighted by Crippen LogP contribution is 2.19. The number of nitrogens with one attached hydrogen (secondary N) is 1. The smallest absolute Gasteiger partial charge is 0.326 e. The molecule has 2 heterocycles. The van der Waals surface area contributed by atoms with Gasteiger partial charge in [-0.25, -0.2) is 9.37 Å². The topological polar surface area (TPSA) is 108 Å². The quantitative estimate of drug-likeness (QED) is 0.650. The average Bonchev–Trinajstić information content (AvgIpc) is 3.00. The number of rotatable bonds is 5. The van der Waals surface area contributed by atoms with Gasteiger partial charge in [0, 0.05) is 12.1 Å². The van der Waals surface area contributed by atoms with Gasteiger partial charge >= 0.3 is 5.97 Å². The molecular weight excluding hydrogens is 381 g/mol. The Bertz CT molecular complexity index is 1090. The molecule has 140 valence electrons. The van der Waals surface area contributed by atoms with Gasteiger partial charge in [-0.2, -0.15) is 5.10 Å². The standard InChI is InChI=1S/C16H13ClFN5O4/c1-22-15-10(5-20-22)16(26)23(8-19-15)6-14(25)27-7-13(24)21-12-4-9(17)2-3-11(12)18/h2-5,8H,6-7H2,1H3,(H,21,24). The number of carbonyl (C=O) groups is 2. The van der Waals surface area contributed by atoms with Crippen molar-refractivity contribution in [2.45, 2.75) is 6.54 Å². The molecule has 0 spiro atoms. The van der Waals surface area contributed by atoms with Gasteiger partial charge in [-0.3, -0.25) is 23.6 Å². The molecule has 9 nitrogen and oxygen atoms in total. The minimum Gasteiger partial charge on any atom is -0.454 e. The molecule has 27 heavy (non-hydrogen) atoms. The van der Waals surface area contributed by atoms with Gasteiger partial charge in [-0.15, -0.1) is 0 Å². The average molecular weight is 394 g/mol. The molecule has 0 fully saturated rings. The number of aryl methyl sites for hydroxylation is 1. The zero-order chi connectivity index (χ0) is 19.6. The summed E-state index contributed by atoms with van der Waals surface area (Å²) in [5.74, 6) is -2.26. The second-order valence-corrected chi connectivity index (χ2v) is 5.95. The summed E-state index contributed by atoms with van der Waals surface area (Å²) in [5.41, 5.74) is -0.214. The van der Waals surface area contributed by atoms with E-state index in [-0.39, 0.29) is 16.1 Å². The summed E-state index contributed by atoms with van der Waals surface area (Å²) in [6.45, 7) is -1.09. The first-order chi connectivity index (χ1) is 12.8. The van der Waals surface area contributed by atoms with Gasteiger partial charge in [0.2, 0.25) is 0 Å². The lowest BCUT2D eigenvalue weighted by Gasteiger charge is -2.08. The minimum atomic E-state index is -0.830. The summed E-state index contributed by atoms with van der Waals surface area (Å²) in [4.78, 5) is 40.0. The van der Waals surface area contributed by atoms with Crippen LogP contribution < -0.4 is 10.9 Å². The Morgan fingerprint density at radius 1 is 1.37 bits per heavy atom. The Hall–Kier alpha value is -3.27. The molecule has 0 aliphatic rings. The maximum absolute atomic E-state index is 13.6. The fraction of sp³-hybridized carbons (Fsp3) is 0.188. The number of carbonyl (C=O) groups excluding carboxylic acids is 2. The molecule has 0 saturated carbocycles. The number of nitrogens with zero attached hydrogens (tertiary/aromatic N) is 4. The third-order valence-corrected chi connectivity index (χ3v) is 3.82. The van der Waals surface area contributed by atoms with Crippen LogP contribution in [-0.4, -0.2) is 37.8 Å². The van der Waals surface area contributed by atoms with Crippen molar-refractivity contribution in [3.05, 3.63) is 51.9 Å². The van der Waals surface area contributed by atoms with E-state index >= 15 is 0 Å². The molecule has 0 aliphatic heterocycles. The molecule has 2 aromatic heterocycles. The fourth-order valence-electron chi connectivity index (χ4n) is 2.29. The van der Waals surface area contributed by atoms with E-state index < -0.39 is 36.4 Å². The molecule has 0 atom stereocenters. The molecule has 0 saturated heterocycles. The van der Waals surface area contributed by atoms with Gasteiger partial charge in [-0.05, 0) is 18.2 Å². The van der Waals surface area contributed by atoms with Crippen LogP contribution in [0.2, 0.25) is 5.02 Å². The van der Waals surface area contributed by atoms with Crippen molar-refractivity contribution in [2.24, 2.45) is 7.05 Å². The maximum atomic E-state index is 13.6. The van der Waals surface area contributed by atoms with Crippen LogP contribution in [0, 0.1) is 5.82 Å². The van der Waals surface area contributed by atoms with Crippen LogP contribution in [0.1, 0.15) is 0 Å². The number of ether oxygens (including phenoxy) is 1. The van der Waals surface area contributed by atoms with E-state index in [0.29, 0.717) is 5.65 Å². The molecule has 3 aromatic rings. The third-order valence-electron chi connectivity index (χ3n) is 3.58. The number of fused-ring (bicyclic) bond motifs is 1. The maximum Gasteiger partial charge on any atom is 0.326 e. The molecule has 0 radical (unpaired) electrons. The van der Waals surface area contributed by atoms with E-state index in [1.165, 1.54) is 29.3 Å². The normalized spacial score (nSPS) is 10.8. The van der Waals surface area contributed by atoms with E-state index in [1.807, 2.05) is 0 Å². The molecule has 1 aromatic carbocycles. The predicted octanol–water partition coefficient (Wildman–Crippen LogP) is 1.10. The minimum absolute atomic E-state index is 0.133. The van der Waals surface area contributed by atoms with E-state index in [9.17, 15) is 18.8 Å². The van der Waals surface area contributed by atoms with E-state index in [4.69, 9.17) is 16.3 Å². The first kappa shape index (κ1) is 18.5. The van der Waals surface area contributed by atoms with Gasteiger partial charge in [0.05, 0.1) is 11.9 Å². The van der Waals surface area contributed by atoms with Crippen molar-refractivity contribution in [3.63, 3.8) is 0 Å². The molecule has 1 amide bonds. The summed E-state index contributed by atoms with van der Waals surface area (Å²) in [6.07, 6.45) is 2.54. The molecule has 0 unspecified atom stereocenters. The molecule has 0 aliphatic carbocycles. The lowest BCUT2D eigenvalue weighted by molar-refractivity contribution is -0.147. The van der Waals surface area contributed by atoms with Crippen LogP contribution in [0.15, 0.2) is 35.5 Å². The van der Waals surface area contributed by atoms with Crippen molar-refractivity contribution in [2.75, 3.05) is 11.9 Å². The van der Waals surface area contributed by atoms with Crippen molar-refractivity contribution in [3.8, 4) is 0 Å². The lowest BCUT2D eigenvalue weighted by Crippen LogP contribution is -2.28. The number of hydrogen-bond acceptors (Lipinski definition) is 6. The SMILES string of the molecule is Cn1ncc2c(=O)n(CC(=O)OCC(=O)Nc3cc(Cl)ccc3F)cnc21. The number of aromatic nitrogens is 4. The number of halogens is 2. The largest absolute Gasteiger partial charge is 0.454 e. The predicted molar refractivity (Wildman–Crippen MR) is 93.8 cm³/mol. The molecule has 1 N–H and O–H groups in total. The number of hydrogen-bond donors (Lipinski definition) is 1. The van der Waals surface area contributed by atoms with Crippen LogP contribution in [0.3, 0.4) is 0 Å². The Balaban J connectivity index is 1.60. The zero-order valence-corrected chi connectivity index (χ0v) is 14.7. The summed E-state index contributed by atoms with van der Waals surface area (Å²) < 4.78 is 20.8. The van der Waals surface area contributed by atoms with Crippen molar-refractivity contribution >= 4 is 40.2 Å². The molecular formula is C16H13ClFN5O4. The first-order valence-corrected chi connectivity index (χ1v) is 8.00. The van der Waals surface area contributed by atoms with Gasteiger partial charge in [0.1, 0.15) is 24.1 Å². The van der Waals surface area contributed by atoms with E-state index in [2.05, 4.69) is 15.4 Å². The van der Waals surface area contributed by atoms with Crippen LogP contribution >= 0.6 is 11.6 Å². The monoisotopic (exact) mass is 393 g/mol. The third kappa shape index (κ3) is 4.11.